The van der Waals surface area contributed by atoms with Gasteiger partial charge in [-0.3, -0.25) is 9.59 Å². The van der Waals surface area contributed by atoms with Crippen LogP contribution >= 0.6 is 0 Å². The van der Waals surface area contributed by atoms with Crippen molar-refractivity contribution in [2.45, 2.75) is 45.6 Å². The number of nitrogens with zero attached hydrogens (tertiary/aromatic N) is 2. The van der Waals surface area contributed by atoms with Crippen molar-refractivity contribution in [1.82, 2.24) is 10.2 Å². The molecule has 2 aliphatic heterocycles. The smallest absolute Gasteiger partial charge is 0.329 e. The van der Waals surface area contributed by atoms with Gasteiger partial charge in [-0.25, -0.2) is 18.5 Å². The molecule has 2 N–H and O–H groups in total. The quantitative estimate of drug-likeness (QED) is 0.482. The number of carbonyl (C=O) groups excluding carboxylic acids is 3. The summed E-state index contributed by atoms with van der Waals surface area (Å²) in [5.74, 6) is -2.48. The lowest BCUT2D eigenvalue weighted by Crippen LogP contribution is -2.48. The molecule has 1 saturated heterocycles. The van der Waals surface area contributed by atoms with Crippen LogP contribution in [0.2, 0.25) is 0 Å². The summed E-state index contributed by atoms with van der Waals surface area (Å²) in [6, 6.07) is 7.94. The topological polar surface area (TPSA) is 81.8 Å². The summed E-state index contributed by atoms with van der Waals surface area (Å²) in [6.45, 7) is 8.49. The van der Waals surface area contributed by atoms with E-state index in [-0.39, 0.29) is 28.4 Å². The summed E-state index contributed by atoms with van der Waals surface area (Å²) in [5.41, 5.74) is 1.65. The third-order valence-electron chi connectivity index (χ3n) is 6.53. The van der Waals surface area contributed by atoms with E-state index >= 15 is 4.39 Å². The number of fused-ring (bicyclic) bond motifs is 1. The van der Waals surface area contributed by atoms with Crippen LogP contribution in [-0.2, 0) is 9.59 Å². The fourth-order valence-corrected chi connectivity index (χ4v) is 5.00. The van der Waals surface area contributed by atoms with Crippen molar-refractivity contribution in [3.8, 4) is 0 Å². The minimum Gasteiger partial charge on any atom is -0.366 e. The Kier molecular flexibility index (Phi) is 6.36. The van der Waals surface area contributed by atoms with Gasteiger partial charge in [-0.1, -0.05) is 19.1 Å². The van der Waals surface area contributed by atoms with Gasteiger partial charge in [0.2, 0.25) is 5.91 Å². The van der Waals surface area contributed by atoms with Crippen molar-refractivity contribution in [3.63, 3.8) is 0 Å². The number of benzene rings is 2. The molecule has 4 amide bonds. The van der Waals surface area contributed by atoms with Gasteiger partial charge in [0.05, 0.1) is 5.69 Å². The molecule has 4 rings (SSSR count). The maximum Gasteiger partial charge on any atom is 0.329 e. The fraction of sp³-hybridized carbons (Fsp3) is 0.346. The van der Waals surface area contributed by atoms with Gasteiger partial charge in [-0.05, 0) is 69.0 Å². The summed E-state index contributed by atoms with van der Waals surface area (Å²) >= 11 is 0. The molecular formula is C26H28F2N4O3. The number of nitrogens with one attached hydrogen (secondary N) is 2. The number of carbonyl (C=O) groups is 3. The number of amides is 4. The third kappa shape index (κ3) is 4.62. The van der Waals surface area contributed by atoms with Gasteiger partial charge in [-0.15, -0.1) is 0 Å². The Morgan fingerprint density at radius 2 is 1.91 bits per heavy atom. The zero-order valence-electron chi connectivity index (χ0n) is 20.1. The maximum absolute atomic E-state index is 15.1. The monoisotopic (exact) mass is 482 g/mol. The van der Waals surface area contributed by atoms with Crippen LogP contribution in [0.3, 0.4) is 0 Å². The number of para-hydroxylation sites is 1. The molecule has 0 radical (unpaired) electrons. The van der Waals surface area contributed by atoms with E-state index in [2.05, 4.69) is 36.3 Å². The lowest BCUT2D eigenvalue weighted by molar-refractivity contribution is -0.127. The van der Waals surface area contributed by atoms with E-state index in [0.717, 1.165) is 24.2 Å². The van der Waals surface area contributed by atoms with Gasteiger partial charge in [0, 0.05) is 23.3 Å². The summed E-state index contributed by atoms with van der Waals surface area (Å²) in [4.78, 5) is 40.3. The van der Waals surface area contributed by atoms with Crippen LogP contribution in [-0.4, -0.2) is 41.4 Å². The highest BCUT2D eigenvalue weighted by Gasteiger charge is 2.37. The highest BCUT2D eigenvalue weighted by atomic mass is 19.1. The van der Waals surface area contributed by atoms with E-state index in [1.54, 1.807) is 12.1 Å². The first-order valence-electron chi connectivity index (χ1n) is 11.5. The molecular weight excluding hydrogens is 454 g/mol. The van der Waals surface area contributed by atoms with E-state index in [9.17, 15) is 18.8 Å². The molecule has 1 atom stereocenters. The van der Waals surface area contributed by atoms with E-state index in [0.29, 0.717) is 4.90 Å². The molecule has 35 heavy (non-hydrogen) atoms. The van der Waals surface area contributed by atoms with Crippen LogP contribution in [0.5, 0.6) is 0 Å². The summed E-state index contributed by atoms with van der Waals surface area (Å²) in [6.07, 6.45) is 2.17. The first-order valence-corrected chi connectivity index (χ1v) is 11.5. The summed E-state index contributed by atoms with van der Waals surface area (Å²) in [7, 11) is 0. The van der Waals surface area contributed by atoms with E-state index in [4.69, 9.17) is 0 Å². The summed E-state index contributed by atoms with van der Waals surface area (Å²) in [5, 5.41) is 4.74. The Bertz CT molecular complexity index is 1240. The molecule has 0 aliphatic carbocycles. The Hall–Kier alpha value is -3.75. The van der Waals surface area contributed by atoms with Crippen LogP contribution < -0.4 is 15.5 Å². The van der Waals surface area contributed by atoms with Gasteiger partial charge in [0.15, 0.2) is 0 Å². The van der Waals surface area contributed by atoms with E-state index in [1.165, 1.54) is 30.3 Å². The van der Waals surface area contributed by atoms with Crippen LogP contribution in [0.1, 0.15) is 51.2 Å². The molecule has 2 aliphatic rings. The normalized spacial score (nSPS) is 20.2. The number of anilines is 2. The van der Waals surface area contributed by atoms with Crippen molar-refractivity contribution < 1.29 is 23.2 Å². The number of rotatable bonds is 5. The van der Waals surface area contributed by atoms with Crippen molar-refractivity contribution in [3.05, 3.63) is 64.9 Å². The molecule has 2 aromatic carbocycles. The van der Waals surface area contributed by atoms with Gasteiger partial charge >= 0.3 is 6.03 Å². The Labute approximate surface area is 202 Å². The Balaban J connectivity index is 1.56. The van der Waals surface area contributed by atoms with Crippen molar-refractivity contribution in [1.29, 1.82) is 0 Å². The predicted molar refractivity (Wildman–Crippen MR) is 130 cm³/mol. The molecule has 1 fully saturated rings. The first kappa shape index (κ1) is 24.4. The largest absolute Gasteiger partial charge is 0.366 e. The molecule has 7 nitrogen and oxygen atoms in total. The number of imide groups is 1. The molecule has 1 unspecified atom stereocenters. The van der Waals surface area contributed by atoms with Crippen LogP contribution in [0.15, 0.2) is 42.1 Å². The predicted octanol–water partition coefficient (Wildman–Crippen LogP) is 4.61. The number of urea groups is 1. The Morgan fingerprint density at radius 3 is 2.60 bits per heavy atom. The van der Waals surface area contributed by atoms with E-state index in [1.807, 2.05) is 6.92 Å². The van der Waals surface area contributed by atoms with Crippen molar-refractivity contribution in [2.24, 2.45) is 0 Å². The molecule has 184 valence electrons. The number of hydrogen-bond acceptors (Lipinski definition) is 4. The molecule has 0 aromatic heterocycles. The van der Waals surface area contributed by atoms with Crippen LogP contribution in [0.4, 0.5) is 25.0 Å². The minimum atomic E-state index is -0.810. The Morgan fingerprint density at radius 1 is 1.20 bits per heavy atom. The number of hydrogen-bond donors (Lipinski definition) is 2. The van der Waals surface area contributed by atoms with Gasteiger partial charge in [-0.2, -0.15) is 0 Å². The fourth-order valence-electron chi connectivity index (χ4n) is 5.00. The second-order valence-electron chi connectivity index (χ2n) is 9.50. The van der Waals surface area contributed by atoms with Crippen molar-refractivity contribution >= 4 is 35.3 Å². The SMILES string of the molecule is CCN1c2cc(F)c(/C=C3/NC(=O)N(CC(=O)Nc4ccccc4F)C3=O)cc2C(C)CC1(C)C. The molecule has 2 aromatic rings. The van der Waals surface area contributed by atoms with Gasteiger partial charge in [0.25, 0.3) is 5.91 Å². The van der Waals surface area contributed by atoms with Gasteiger partial charge in [0.1, 0.15) is 23.9 Å². The average molecular weight is 483 g/mol. The molecule has 0 bridgehead atoms. The van der Waals surface area contributed by atoms with Gasteiger partial charge < -0.3 is 15.5 Å². The molecule has 9 heteroatoms. The highest BCUT2D eigenvalue weighted by Crippen LogP contribution is 2.44. The van der Waals surface area contributed by atoms with Crippen LogP contribution in [0, 0.1) is 11.6 Å². The second-order valence-corrected chi connectivity index (χ2v) is 9.50. The molecule has 0 saturated carbocycles. The zero-order chi connectivity index (χ0) is 25.5. The lowest BCUT2D eigenvalue weighted by atomic mass is 9.79. The highest BCUT2D eigenvalue weighted by molar-refractivity contribution is 6.16. The number of halogens is 2. The average Bonchev–Trinajstić information content (AvgIpc) is 3.03. The first-order chi connectivity index (χ1) is 16.5. The summed E-state index contributed by atoms with van der Waals surface area (Å²) < 4.78 is 28.9. The maximum atomic E-state index is 15.1. The van der Waals surface area contributed by atoms with Crippen molar-refractivity contribution in [2.75, 3.05) is 23.3 Å². The minimum absolute atomic E-state index is 0.0603. The molecule has 2 heterocycles. The van der Waals surface area contributed by atoms with E-state index < -0.39 is 36.0 Å². The lowest BCUT2D eigenvalue weighted by Gasteiger charge is -2.47. The zero-order valence-corrected chi connectivity index (χ0v) is 20.1. The second kappa shape index (κ2) is 9.13. The molecule has 0 spiro atoms. The standard InChI is InChI=1S/C26H28F2N4O3/c1-5-32-22-12-19(28)16(10-17(22)15(2)13-26(32,3)4)11-21-24(34)31(25(35)30-21)14-23(33)29-20-9-7-6-8-18(20)27/h6-12,15H,5,13-14H2,1-4H3,(H,29,33)(H,30,35)/b21-11+. The third-order valence-corrected chi connectivity index (χ3v) is 6.53. The van der Waals surface area contributed by atoms with Crippen LogP contribution in [0.25, 0.3) is 6.08 Å².